The van der Waals surface area contributed by atoms with Crippen molar-refractivity contribution in [3.63, 3.8) is 0 Å². The summed E-state index contributed by atoms with van der Waals surface area (Å²) < 4.78 is 0. The third-order valence-corrected chi connectivity index (χ3v) is 1.11. The normalized spacial score (nSPS) is 8.82. The molecule has 0 radical (unpaired) electrons. The second kappa shape index (κ2) is 3.18. The predicted molar refractivity (Wildman–Crippen MR) is 45.9 cm³/mol. The van der Waals surface area contributed by atoms with E-state index in [1.807, 2.05) is 0 Å². The van der Waals surface area contributed by atoms with Crippen molar-refractivity contribution in [1.82, 2.24) is 9.97 Å². The number of thiocarbonyl (C=S) groups is 1. The molecule has 11 heavy (non-hydrogen) atoms. The van der Waals surface area contributed by atoms with Gasteiger partial charge in [0.05, 0.1) is 5.16 Å². The monoisotopic (exact) mass is 166 g/mol. The van der Waals surface area contributed by atoms with Gasteiger partial charge in [-0.1, -0.05) is 0 Å². The van der Waals surface area contributed by atoms with Gasteiger partial charge in [0.1, 0.15) is 0 Å². The van der Waals surface area contributed by atoms with E-state index in [2.05, 4.69) is 32.3 Å². The van der Waals surface area contributed by atoms with Crippen molar-refractivity contribution < 1.29 is 0 Å². The Hall–Kier alpha value is -1.32. The van der Waals surface area contributed by atoms with E-state index in [1.165, 1.54) is 0 Å². The molecule has 0 spiro atoms. The molecular weight excluding hydrogens is 160 g/mol. The van der Waals surface area contributed by atoms with Crippen LogP contribution in [0.3, 0.4) is 0 Å². The largest absolute Gasteiger partial charge is 0.368 e. The first kappa shape index (κ1) is 7.78. The molecule has 0 aliphatic rings. The van der Waals surface area contributed by atoms with E-state index >= 15 is 0 Å². The van der Waals surface area contributed by atoms with Crippen molar-refractivity contribution in [2.24, 2.45) is 4.99 Å². The van der Waals surface area contributed by atoms with Gasteiger partial charge in [-0.15, -0.1) is 0 Å². The molecule has 0 atom stereocenters. The zero-order chi connectivity index (χ0) is 8.27. The van der Waals surface area contributed by atoms with Crippen LogP contribution in [0.5, 0.6) is 0 Å². The average Bonchev–Trinajstić information content (AvgIpc) is 1.85. The zero-order valence-electron chi connectivity index (χ0n) is 5.90. The summed E-state index contributed by atoms with van der Waals surface area (Å²) in [5.74, 6) is 0.652. The molecule has 0 bridgehead atoms. The number of hydrogen-bond acceptors (Lipinski definition) is 5. The zero-order valence-corrected chi connectivity index (χ0v) is 6.72. The van der Waals surface area contributed by atoms with Crippen LogP contribution in [0.1, 0.15) is 5.69 Å². The number of aliphatic imine (C=N–C) groups is 1. The smallest absolute Gasteiger partial charge is 0.222 e. The second-order valence-corrected chi connectivity index (χ2v) is 2.11. The Morgan fingerprint density at radius 2 is 2.36 bits per heavy atom. The summed E-state index contributed by atoms with van der Waals surface area (Å²) in [5.41, 5.74) is 6.11. The lowest BCUT2D eigenvalue weighted by atomic mass is 10.4. The highest BCUT2D eigenvalue weighted by Gasteiger charge is 1.94. The molecule has 2 N–H and O–H groups in total. The fourth-order valence-electron chi connectivity index (χ4n) is 0.678. The molecule has 0 unspecified atom stereocenters. The van der Waals surface area contributed by atoms with Crippen LogP contribution < -0.4 is 5.73 Å². The standard InChI is InChI=1S/C6H6N4S/c1-4-2-5(8-3-11)10-6(7)9-4/h2H,1H3,(H2,7,9,10). The van der Waals surface area contributed by atoms with E-state index < -0.39 is 0 Å². The SMILES string of the molecule is Cc1cc(N=C=S)nc(N)n1. The number of nitrogen functional groups attached to an aromatic ring is 1. The molecule has 0 fully saturated rings. The van der Waals surface area contributed by atoms with Crippen LogP contribution in [0.25, 0.3) is 0 Å². The Bertz CT molecular complexity index is 296. The van der Waals surface area contributed by atoms with Crippen LogP contribution in [0.15, 0.2) is 11.1 Å². The fourth-order valence-corrected chi connectivity index (χ4v) is 0.772. The van der Waals surface area contributed by atoms with Gasteiger partial charge in [-0.3, -0.25) is 0 Å². The summed E-state index contributed by atoms with van der Waals surface area (Å²) in [6, 6.07) is 1.68. The van der Waals surface area contributed by atoms with Crippen molar-refractivity contribution in [2.45, 2.75) is 6.92 Å². The molecule has 1 aromatic heterocycles. The van der Waals surface area contributed by atoms with Gasteiger partial charge >= 0.3 is 0 Å². The molecule has 0 aromatic carbocycles. The van der Waals surface area contributed by atoms with Crippen LogP contribution in [-0.4, -0.2) is 15.1 Å². The molecule has 0 aliphatic heterocycles. The van der Waals surface area contributed by atoms with Crippen molar-refractivity contribution in [2.75, 3.05) is 5.73 Å². The minimum absolute atomic E-state index is 0.203. The van der Waals surface area contributed by atoms with E-state index in [0.29, 0.717) is 5.82 Å². The van der Waals surface area contributed by atoms with Crippen molar-refractivity contribution in [3.05, 3.63) is 11.8 Å². The Labute approximate surface area is 69.2 Å². The van der Waals surface area contributed by atoms with Gasteiger partial charge in [0, 0.05) is 11.8 Å². The number of nitrogens with two attached hydrogens (primary N) is 1. The summed E-state index contributed by atoms with van der Waals surface area (Å²) in [7, 11) is 0. The topological polar surface area (TPSA) is 64.2 Å². The highest BCUT2D eigenvalue weighted by atomic mass is 32.1. The summed E-state index contributed by atoms with van der Waals surface area (Å²) >= 11 is 4.40. The molecule has 1 heterocycles. The molecular formula is C6H6N4S. The minimum atomic E-state index is 0.203. The predicted octanol–water partition coefficient (Wildman–Crippen LogP) is 1.10. The minimum Gasteiger partial charge on any atom is -0.368 e. The van der Waals surface area contributed by atoms with Gasteiger partial charge in [-0.2, -0.15) is 9.98 Å². The van der Waals surface area contributed by atoms with Crippen LogP contribution in [0.4, 0.5) is 11.8 Å². The maximum Gasteiger partial charge on any atom is 0.222 e. The number of hydrogen-bond donors (Lipinski definition) is 1. The molecule has 1 aromatic rings. The van der Waals surface area contributed by atoms with Crippen LogP contribution in [-0.2, 0) is 0 Å². The van der Waals surface area contributed by atoms with Crippen molar-refractivity contribution >= 4 is 29.1 Å². The Morgan fingerprint density at radius 1 is 1.64 bits per heavy atom. The van der Waals surface area contributed by atoms with E-state index in [-0.39, 0.29) is 5.95 Å². The maximum absolute atomic E-state index is 5.35. The van der Waals surface area contributed by atoms with Gasteiger partial charge in [0.15, 0.2) is 5.82 Å². The molecule has 4 nitrogen and oxygen atoms in total. The molecule has 0 saturated carbocycles. The lowest BCUT2D eigenvalue weighted by Crippen LogP contribution is -1.95. The second-order valence-electron chi connectivity index (χ2n) is 1.93. The fraction of sp³-hybridized carbons (Fsp3) is 0.167. The van der Waals surface area contributed by atoms with Crippen LogP contribution >= 0.6 is 12.2 Å². The van der Waals surface area contributed by atoms with E-state index in [0.717, 1.165) is 5.69 Å². The lowest BCUT2D eigenvalue weighted by Gasteiger charge is -1.94. The highest BCUT2D eigenvalue weighted by Crippen LogP contribution is 2.09. The number of anilines is 1. The highest BCUT2D eigenvalue weighted by molar-refractivity contribution is 7.78. The van der Waals surface area contributed by atoms with Gasteiger partial charge in [0.2, 0.25) is 5.95 Å². The van der Waals surface area contributed by atoms with Crippen molar-refractivity contribution in [1.29, 1.82) is 0 Å². The summed E-state index contributed by atoms with van der Waals surface area (Å²) in [6.07, 6.45) is 0. The maximum atomic E-state index is 5.35. The number of isothiocyanates is 1. The lowest BCUT2D eigenvalue weighted by molar-refractivity contribution is 1.11. The Morgan fingerprint density at radius 3 is 2.91 bits per heavy atom. The van der Waals surface area contributed by atoms with Crippen LogP contribution in [0.2, 0.25) is 0 Å². The van der Waals surface area contributed by atoms with Gasteiger partial charge in [-0.25, -0.2) is 4.98 Å². The molecule has 0 saturated heterocycles. The van der Waals surface area contributed by atoms with Crippen molar-refractivity contribution in [3.8, 4) is 0 Å². The number of aromatic nitrogens is 2. The molecule has 0 aliphatic carbocycles. The third-order valence-electron chi connectivity index (χ3n) is 1.02. The number of rotatable bonds is 1. The summed E-state index contributed by atoms with van der Waals surface area (Å²) in [4.78, 5) is 11.3. The quantitative estimate of drug-likeness (QED) is 0.501. The van der Waals surface area contributed by atoms with Crippen LogP contribution in [0, 0.1) is 6.92 Å². The molecule has 0 amide bonds. The first-order valence-corrected chi connectivity index (χ1v) is 3.32. The summed E-state index contributed by atoms with van der Waals surface area (Å²) in [5, 5.41) is 2.20. The Kier molecular flexibility index (Phi) is 2.25. The molecule has 56 valence electrons. The third kappa shape index (κ3) is 2.07. The molecule has 1 rings (SSSR count). The number of aryl methyl sites for hydroxylation is 1. The molecule has 5 heteroatoms. The Balaban J connectivity index is 3.18. The number of nitrogens with zero attached hydrogens (tertiary/aromatic N) is 3. The van der Waals surface area contributed by atoms with Gasteiger partial charge < -0.3 is 5.73 Å². The van der Waals surface area contributed by atoms with Gasteiger partial charge in [0.25, 0.3) is 0 Å². The summed E-state index contributed by atoms with van der Waals surface area (Å²) in [6.45, 7) is 1.81. The first-order chi connectivity index (χ1) is 5.22. The van der Waals surface area contributed by atoms with E-state index in [9.17, 15) is 0 Å². The van der Waals surface area contributed by atoms with E-state index in [4.69, 9.17) is 5.73 Å². The van der Waals surface area contributed by atoms with E-state index in [1.54, 1.807) is 13.0 Å². The van der Waals surface area contributed by atoms with Gasteiger partial charge in [-0.05, 0) is 19.1 Å². The average molecular weight is 166 g/mol. The first-order valence-electron chi connectivity index (χ1n) is 2.91.